The predicted octanol–water partition coefficient (Wildman–Crippen LogP) is 4.32. The average Bonchev–Trinajstić information content (AvgIpc) is 2.76. The van der Waals surface area contributed by atoms with Crippen molar-refractivity contribution in [1.82, 2.24) is 0 Å². The summed E-state index contributed by atoms with van der Waals surface area (Å²) in [6, 6.07) is 18.0. The van der Waals surface area contributed by atoms with Crippen LogP contribution in [0.4, 0.5) is 5.69 Å². The summed E-state index contributed by atoms with van der Waals surface area (Å²) < 4.78 is 0.704. The van der Waals surface area contributed by atoms with Crippen LogP contribution in [-0.2, 0) is 0 Å². The van der Waals surface area contributed by atoms with E-state index in [0.717, 1.165) is 10.8 Å². The molecule has 1 aliphatic rings. The van der Waals surface area contributed by atoms with Crippen LogP contribution >= 0.6 is 11.6 Å². The number of nitrogens with zero attached hydrogens (tertiary/aromatic N) is 1. The van der Waals surface area contributed by atoms with E-state index in [9.17, 15) is 10.0 Å². The number of carbonyl (C=O) groups is 1. The van der Waals surface area contributed by atoms with Gasteiger partial charge in [0.25, 0.3) is 11.5 Å². The quantitative estimate of drug-likeness (QED) is 0.496. The Kier molecular flexibility index (Phi) is 2.78. The third-order valence-electron chi connectivity index (χ3n) is 3.84. The van der Waals surface area contributed by atoms with Crippen LogP contribution in [0.1, 0.15) is 15.9 Å². The van der Waals surface area contributed by atoms with Gasteiger partial charge >= 0.3 is 0 Å². The van der Waals surface area contributed by atoms with Gasteiger partial charge in [-0.05, 0) is 35.0 Å². The Bertz CT molecular complexity index is 976. The third-order valence-corrected chi connectivity index (χ3v) is 4.08. The molecule has 4 heteroatoms. The van der Waals surface area contributed by atoms with Crippen LogP contribution in [0.25, 0.3) is 10.8 Å². The second kappa shape index (κ2) is 4.68. The molecule has 3 aromatic carbocycles. The number of halogens is 1. The Morgan fingerprint density at radius 2 is 1.64 bits per heavy atom. The van der Waals surface area contributed by atoms with Gasteiger partial charge < -0.3 is 5.21 Å². The Hall–Kier alpha value is -2.65. The molecule has 1 aliphatic heterocycles. The van der Waals surface area contributed by atoms with Gasteiger partial charge in [-0.3, -0.25) is 4.79 Å². The first-order valence-electron chi connectivity index (χ1n) is 6.83. The van der Waals surface area contributed by atoms with Crippen LogP contribution in [0.15, 0.2) is 60.7 Å². The van der Waals surface area contributed by atoms with Gasteiger partial charge in [0.15, 0.2) is 0 Å². The molecule has 0 amide bonds. The first-order chi connectivity index (χ1) is 10.6. The molecule has 0 bridgehead atoms. The SMILES string of the molecule is O=C1C(c2cccc(Cl)c2)=[N+]([O-])c2cc3ccccc3cc21. The van der Waals surface area contributed by atoms with Gasteiger partial charge in [-0.1, -0.05) is 41.9 Å². The van der Waals surface area contributed by atoms with Gasteiger partial charge in [0.05, 0.1) is 5.56 Å². The number of ketones is 1. The average molecular weight is 308 g/mol. The minimum absolute atomic E-state index is 0.118. The summed E-state index contributed by atoms with van der Waals surface area (Å²) in [6.45, 7) is 0. The van der Waals surface area contributed by atoms with Gasteiger partial charge in [-0.15, -0.1) is 0 Å². The van der Waals surface area contributed by atoms with Crippen LogP contribution < -0.4 is 0 Å². The van der Waals surface area contributed by atoms with Crippen molar-refractivity contribution in [3.63, 3.8) is 0 Å². The molecule has 0 atom stereocenters. The largest absolute Gasteiger partial charge is 0.618 e. The highest BCUT2D eigenvalue weighted by Crippen LogP contribution is 2.32. The van der Waals surface area contributed by atoms with Crippen molar-refractivity contribution in [2.75, 3.05) is 0 Å². The smallest absolute Gasteiger partial charge is 0.273 e. The molecule has 0 saturated heterocycles. The number of hydrogen-bond donors (Lipinski definition) is 0. The lowest BCUT2D eigenvalue weighted by molar-refractivity contribution is -0.355. The maximum absolute atomic E-state index is 12.6. The van der Waals surface area contributed by atoms with Crippen LogP contribution in [-0.4, -0.2) is 16.2 Å². The zero-order valence-corrected chi connectivity index (χ0v) is 12.2. The maximum atomic E-state index is 12.6. The van der Waals surface area contributed by atoms with E-state index >= 15 is 0 Å². The van der Waals surface area contributed by atoms with Crippen LogP contribution in [0.3, 0.4) is 0 Å². The summed E-state index contributed by atoms with van der Waals surface area (Å²) in [4.78, 5) is 12.6. The van der Waals surface area contributed by atoms with Crippen LogP contribution in [0.2, 0.25) is 5.02 Å². The fourth-order valence-electron chi connectivity index (χ4n) is 2.80. The van der Waals surface area contributed by atoms with E-state index in [1.165, 1.54) is 0 Å². The van der Waals surface area contributed by atoms with E-state index < -0.39 is 0 Å². The van der Waals surface area contributed by atoms with E-state index in [0.29, 0.717) is 26.6 Å². The highest BCUT2D eigenvalue weighted by molar-refractivity contribution is 6.52. The van der Waals surface area contributed by atoms with E-state index in [2.05, 4.69) is 0 Å². The van der Waals surface area contributed by atoms with Crippen molar-refractivity contribution >= 4 is 39.6 Å². The Labute approximate surface area is 131 Å². The number of fused-ring (bicyclic) bond motifs is 2. The fraction of sp³-hybridized carbons (Fsp3) is 0. The van der Waals surface area contributed by atoms with Crippen molar-refractivity contribution in [1.29, 1.82) is 0 Å². The molecule has 0 unspecified atom stereocenters. The summed E-state index contributed by atoms with van der Waals surface area (Å²) in [5, 5.41) is 14.9. The summed E-state index contributed by atoms with van der Waals surface area (Å²) in [6.07, 6.45) is 0. The van der Waals surface area contributed by atoms with Gasteiger partial charge in [0.2, 0.25) is 5.69 Å². The molecule has 0 N–H and O–H groups in total. The maximum Gasteiger partial charge on any atom is 0.273 e. The van der Waals surface area contributed by atoms with Gasteiger partial charge in [0.1, 0.15) is 5.56 Å². The topological polar surface area (TPSA) is 43.1 Å². The van der Waals surface area contributed by atoms with Crippen molar-refractivity contribution in [2.45, 2.75) is 0 Å². The standard InChI is InChI=1S/C18H10ClNO2/c19-14-7-3-6-13(8-14)17-18(21)15-9-11-4-1-2-5-12(11)10-16(15)20(17)22/h1-10H. The molecule has 0 fully saturated rings. The second-order valence-corrected chi connectivity index (χ2v) is 5.64. The third kappa shape index (κ3) is 1.83. The van der Waals surface area contributed by atoms with Gasteiger partial charge in [-0.2, -0.15) is 4.74 Å². The van der Waals surface area contributed by atoms with E-state index in [-0.39, 0.29) is 11.5 Å². The molecule has 0 aliphatic carbocycles. The summed E-state index contributed by atoms with van der Waals surface area (Å²) >= 11 is 5.97. The lowest BCUT2D eigenvalue weighted by Gasteiger charge is -2.03. The van der Waals surface area contributed by atoms with E-state index in [1.807, 2.05) is 24.3 Å². The predicted molar refractivity (Wildman–Crippen MR) is 87.1 cm³/mol. The summed E-state index contributed by atoms with van der Waals surface area (Å²) in [5.41, 5.74) is 1.47. The number of hydrogen-bond acceptors (Lipinski definition) is 2. The summed E-state index contributed by atoms with van der Waals surface area (Å²) in [5.74, 6) is -0.266. The van der Waals surface area contributed by atoms with Crippen LogP contribution in [0, 0.1) is 5.21 Å². The molecule has 3 aromatic rings. The molecule has 1 heterocycles. The Morgan fingerprint density at radius 1 is 0.909 bits per heavy atom. The second-order valence-electron chi connectivity index (χ2n) is 5.20. The van der Waals surface area contributed by atoms with Crippen LogP contribution in [0.5, 0.6) is 0 Å². The minimum Gasteiger partial charge on any atom is -0.618 e. The number of benzene rings is 3. The molecule has 0 saturated carbocycles. The highest BCUT2D eigenvalue weighted by atomic mass is 35.5. The fourth-order valence-corrected chi connectivity index (χ4v) is 2.99. The lowest BCUT2D eigenvalue weighted by Crippen LogP contribution is -2.16. The number of Topliss-reactive ketones (excluding diaryl/α,β-unsaturated/α-hetero) is 1. The first-order valence-corrected chi connectivity index (χ1v) is 7.20. The number of rotatable bonds is 1. The number of carbonyl (C=O) groups excluding carboxylic acids is 1. The monoisotopic (exact) mass is 307 g/mol. The summed E-state index contributed by atoms with van der Waals surface area (Å²) in [7, 11) is 0. The van der Waals surface area contributed by atoms with Crippen molar-refractivity contribution < 1.29 is 9.53 Å². The molecular weight excluding hydrogens is 298 g/mol. The normalized spacial score (nSPS) is 13.8. The first kappa shape index (κ1) is 13.0. The molecule has 106 valence electrons. The molecular formula is C18H10ClNO2. The van der Waals surface area contributed by atoms with E-state index in [1.54, 1.807) is 36.4 Å². The molecule has 3 nitrogen and oxygen atoms in total. The zero-order chi connectivity index (χ0) is 15.3. The van der Waals surface area contributed by atoms with Gasteiger partial charge in [-0.25, -0.2) is 0 Å². The van der Waals surface area contributed by atoms with Crippen molar-refractivity contribution in [3.05, 3.63) is 82.0 Å². The zero-order valence-electron chi connectivity index (χ0n) is 11.4. The Morgan fingerprint density at radius 3 is 2.36 bits per heavy atom. The highest BCUT2D eigenvalue weighted by Gasteiger charge is 2.36. The molecule has 0 radical (unpaired) electrons. The minimum atomic E-state index is -0.266. The molecule has 22 heavy (non-hydrogen) atoms. The van der Waals surface area contributed by atoms with Crippen molar-refractivity contribution in [2.24, 2.45) is 0 Å². The Balaban J connectivity index is 1.97. The van der Waals surface area contributed by atoms with E-state index in [4.69, 9.17) is 11.6 Å². The molecule has 4 rings (SSSR count). The molecule has 0 aromatic heterocycles. The lowest BCUT2D eigenvalue weighted by atomic mass is 10.00. The van der Waals surface area contributed by atoms with Gasteiger partial charge in [0, 0.05) is 11.1 Å². The molecule has 0 spiro atoms. The van der Waals surface area contributed by atoms with Crippen molar-refractivity contribution in [3.8, 4) is 0 Å².